The summed E-state index contributed by atoms with van der Waals surface area (Å²) in [4.78, 5) is 24.5. The number of nitrogens with zero attached hydrogens (tertiary/aromatic N) is 5. The first kappa shape index (κ1) is 26.9. The molecule has 2 aromatic heterocycles. The van der Waals surface area contributed by atoms with Gasteiger partial charge in [-0.1, -0.05) is 18.2 Å². The van der Waals surface area contributed by atoms with Crippen molar-refractivity contribution in [2.24, 2.45) is 7.05 Å². The number of nitrogens with one attached hydrogen (secondary N) is 2. The lowest BCUT2D eigenvalue weighted by Crippen LogP contribution is -2.44. The topological polar surface area (TPSA) is 131 Å². The van der Waals surface area contributed by atoms with Gasteiger partial charge < -0.3 is 15.0 Å². The number of morpholine rings is 1. The highest BCUT2D eigenvalue weighted by atomic mass is 32.2. The number of hydrogen-bond acceptors (Lipinski definition) is 8. The van der Waals surface area contributed by atoms with E-state index in [4.69, 9.17) is 14.7 Å². The number of aromatic nitrogens is 4. The molecule has 1 aliphatic heterocycles. The first-order valence-electron chi connectivity index (χ1n) is 13.5. The SMILES string of the molecule is C[C@H]1COCCN1c1cc(C2(S(=O)(=O)c3ccccc3)CC2)nc(-c2ccc(NC(=O)Nc3ccn(C)n3)cc2)n1. The normalized spacial score (nSPS) is 18.1. The summed E-state index contributed by atoms with van der Waals surface area (Å²) in [6.07, 6.45) is 2.72. The van der Waals surface area contributed by atoms with E-state index in [2.05, 4.69) is 27.6 Å². The Hall–Kier alpha value is -4.29. The Morgan fingerprint density at radius 1 is 1.02 bits per heavy atom. The maximum Gasteiger partial charge on any atom is 0.324 e. The van der Waals surface area contributed by atoms with E-state index in [-0.39, 0.29) is 6.04 Å². The maximum absolute atomic E-state index is 13.9. The van der Waals surface area contributed by atoms with Gasteiger partial charge in [0.1, 0.15) is 10.6 Å². The van der Waals surface area contributed by atoms with Gasteiger partial charge in [0.25, 0.3) is 0 Å². The van der Waals surface area contributed by atoms with Crippen LogP contribution in [0.3, 0.4) is 0 Å². The van der Waals surface area contributed by atoms with E-state index in [1.165, 1.54) is 0 Å². The number of carbonyl (C=O) groups excluding carboxylic acids is 1. The minimum Gasteiger partial charge on any atom is -0.377 e. The van der Waals surface area contributed by atoms with E-state index in [0.717, 1.165) is 0 Å². The third kappa shape index (κ3) is 5.27. The number of carbonyl (C=O) groups is 1. The Kier molecular flexibility index (Phi) is 6.96. The molecular formula is C29H31N7O4S. The molecule has 41 heavy (non-hydrogen) atoms. The molecule has 2 aromatic carbocycles. The van der Waals surface area contributed by atoms with Crippen LogP contribution in [0.25, 0.3) is 11.4 Å². The molecule has 0 spiro atoms. The Bertz CT molecular complexity index is 1670. The predicted molar refractivity (Wildman–Crippen MR) is 155 cm³/mol. The lowest BCUT2D eigenvalue weighted by atomic mass is 10.1. The second-order valence-electron chi connectivity index (χ2n) is 10.4. The van der Waals surface area contributed by atoms with Crippen molar-refractivity contribution in [2.45, 2.75) is 35.4 Å². The van der Waals surface area contributed by atoms with Crippen molar-refractivity contribution in [3.8, 4) is 11.4 Å². The maximum atomic E-state index is 13.9. The standard InChI is InChI=1S/C29H31N7O4S/c1-20-19-40-17-16-36(20)26-18-24(29(13-14-29)41(38,39)23-6-4-3-5-7-23)31-27(33-26)21-8-10-22(11-9-21)30-28(37)32-25-12-15-35(2)34-25/h3-12,15,18,20H,13-14,16-17,19H2,1-2H3,(H2,30,32,34,37)/t20-/m0/s1. The zero-order valence-corrected chi connectivity index (χ0v) is 23.6. The van der Waals surface area contributed by atoms with Crippen LogP contribution in [0.5, 0.6) is 0 Å². The number of ether oxygens (including phenoxy) is 1. The van der Waals surface area contributed by atoms with Crippen LogP contribution in [0.4, 0.5) is 22.1 Å². The fraction of sp³-hybridized carbons (Fsp3) is 0.310. The number of sulfone groups is 1. The van der Waals surface area contributed by atoms with Crippen LogP contribution < -0.4 is 15.5 Å². The molecule has 0 unspecified atom stereocenters. The number of urea groups is 1. The van der Waals surface area contributed by atoms with Crippen LogP contribution in [0.2, 0.25) is 0 Å². The van der Waals surface area contributed by atoms with Crippen molar-refractivity contribution >= 4 is 33.2 Å². The molecule has 212 valence electrons. The van der Waals surface area contributed by atoms with E-state index in [1.54, 1.807) is 66.5 Å². The van der Waals surface area contributed by atoms with Gasteiger partial charge in [-0.15, -0.1) is 0 Å². The summed E-state index contributed by atoms with van der Waals surface area (Å²) in [5.74, 6) is 1.54. The number of anilines is 3. The van der Waals surface area contributed by atoms with Gasteiger partial charge in [0, 0.05) is 43.2 Å². The van der Waals surface area contributed by atoms with Crippen LogP contribution in [-0.2, 0) is 26.4 Å². The minimum atomic E-state index is -3.68. The van der Waals surface area contributed by atoms with Crippen molar-refractivity contribution in [1.29, 1.82) is 0 Å². The molecule has 1 atom stereocenters. The Morgan fingerprint density at radius 3 is 2.44 bits per heavy atom. The van der Waals surface area contributed by atoms with Crippen LogP contribution >= 0.6 is 0 Å². The van der Waals surface area contributed by atoms with Gasteiger partial charge in [0.05, 0.1) is 29.8 Å². The first-order chi connectivity index (χ1) is 19.7. The van der Waals surface area contributed by atoms with E-state index >= 15 is 0 Å². The van der Waals surface area contributed by atoms with Gasteiger partial charge in [-0.3, -0.25) is 10.00 Å². The fourth-order valence-electron chi connectivity index (χ4n) is 5.08. The van der Waals surface area contributed by atoms with Gasteiger partial charge in [-0.25, -0.2) is 23.2 Å². The number of hydrogen-bond donors (Lipinski definition) is 2. The van der Waals surface area contributed by atoms with Crippen molar-refractivity contribution in [3.05, 3.63) is 78.6 Å². The highest BCUT2D eigenvalue weighted by Crippen LogP contribution is 2.55. The Morgan fingerprint density at radius 2 is 1.78 bits per heavy atom. The van der Waals surface area contributed by atoms with Gasteiger partial charge >= 0.3 is 6.03 Å². The fourth-order valence-corrected chi connectivity index (χ4v) is 7.06. The molecular weight excluding hydrogens is 542 g/mol. The average Bonchev–Trinajstić information content (AvgIpc) is 3.71. The molecule has 0 radical (unpaired) electrons. The zero-order valence-electron chi connectivity index (χ0n) is 22.8. The Balaban J connectivity index is 1.33. The van der Waals surface area contributed by atoms with E-state index < -0.39 is 20.6 Å². The molecule has 2 aliphatic rings. The van der Waals surface area contributed by atoms with Gasteiger partial charge in [-0.2, -0.15) is 5.10 Å². The molecule has 1 saturated heterocycles. The van der Waals surface area contributed by atoms with Crippen molar-refractivity contribution in [3.63, 3.8) is 0 Å². The second kappa shape index (κ2) is 10.6. The van der Waals surface area contributed by atoms with Crippen molar-refractivity contribution in [1.82, 2.24) is 19.7 Å². The smallest absolute Gasteiger partial charge is 0.324 e. The molecule has 0 bridgehead atoms. The van der Waals surface area contributed by atoms with Crippen molar-refractivity contribution in [2.75, 3.05) is 35.3 Å². The molecule has 11 nitrogen and oxygen atoms in total. The lowest BCUT2D eigenvalue weighted by Gasteiger charge is -2.34. The largest absolute Gasteiger partial charge is 0.377 e. The van der Waals surface area contributed by atoms with E-state index in [9.17, 15) is 13.2 Å². The van der Waals surface area contributed by atoms with Crippen molar-refractivity contribution < 1.29 is 17.9 Å². The van der Waals surface area contributed by atoms with Crippen LogP contribution in [0.1, 0.15) is 25.5 Å². The molecule has 1 saturated carbocycles. The molecule has 2 amide bonds. The summed E-state index contributed by atoms with van der Waals surface area (Å²) in [5, 5.41) is 9.62. The van der Waals surface area contributed by atoms with Gasteiger partial charge in [0.2, 0.25) is 0 Å². The molecule has 12 heteroatoms. The predicted octanol–water partition coefficient (Wildman–Crippen LogP) is 4.21. The summed E-state index contributed by atoms with van der Waals surface area (Å²) in [7, 11) is -1.91. The van der Waals surface area contributed by atoms with Crippen LogP contribution in [0.15, 0.2) is 77.8 Å². The number of benzene rings is 2. The van der Waals surface area contributed by atoms with Gasteiger partial charge in [-0.05, 0) is 56.2 Å². The van der Waals surface area contributed by atoms with E-state index in [1.807, 2.05) is 18.2 Å². The third-order valence-corrected chi connectivity index (χ3v) is 10.0. The summed E-state index contributed by atoms with van der Waals surface area (Å²) in [5.41, 5.74) is 1.78. The zero-order chi connectivity index (χ0) is 28.6. The quantitative estimate of drug-likeness (QED) is 0.336. The minimum absolute atomic E-state index is 0.0735. The second-order valence-corrected chi connectivity index (χ2v) is 12.7. The van der Waals surface area contributed by atoms with E-state index in [0.29, 0.717) is 71.9 Å². The molecule has 4 aromatic rings. The van der Waals surface area contributed by atoms with Crippen LogP contribution in [-0.4, -0.2) is 60.0 Å². The lowest BCUT2D eigenvalue weighted by molar-refractivity contribution is 0.0985. The van der Waals surface area contributed by atoms with Gasteiger partial charge in [0.15, 0.2) is 21.5 Å². The molecule has 3 heterocycles. The Labute approximate surface area is 238 Å². The highest BCUT2D eigenvalue weighted by molar-refractivity contribution is 7.92. The summed E-state index contributed by atoms with van der Waals surface area (Å²) >= 11 is 0. The molecule has 2 fully saturated rings. The highest BCUT2D eigenvalue weighted by Gasteiger charge is 2.58. The summed E-state index contributed by atoms with van der Waals surface area (Å²) in [6.45, 7) is 3.82. The third-order valence-electron chi connectivity index (χ3n) is 7.47. The molecule has 1 aliphatic carbocycles. The molecule has 2 N–H and O–H groups in total. The number of aryl methyl sites for hydroxylation is 1. The number of amides is 2. The summed E-state index contributed by atoms with van der Waals surface area (Å²) in [6, 6.07) is 18.9. The van der Waals surface area contributed by atoms with Crippen LogP contribution in [0, 0.1) is 0 Å². The monoisotopic (exact) mass is 573 g/mol. The number of rotatable bonds is 7. The molecule has 6 rings (SSSR count). The first-order valence-corrected chi connectivity index (χ1v) is 15.0. The average molecular weight is 574 g/mol. The summed E-state index contributed by atoms with van der Waals surface area (Å²) < 4.78 is 33.8.